The van der Waals surface area contributed by atoms with E-state index < -0.39 is 11.6 Å². The number of amides is 1. The van der Waals surface area contributed by atoms with Crippen LogP contribution >= 0.6 is 0 Å². The molecule has 1 heterocycles. The number of hydrogen-bond acceptors (Lipinski definition) is 2. The highest BCUT2D eigenvalue weighted by molar-refractivity contribution is 5.99. The normalized spacial score (nSPS) is 19.6. The smallest absolute Gasteiger partial charge is 0.244 e. The third-order valence-electron chi connectivity index (χ3n) is 3.05. The van der Waals surface area contributed by atoms with Gasteiger partial charge in [0.25, 0.3) is 0 Å². The second kappa shape index (κ2) is 5.44. The van der Waals surface area contributed by atoms with Gasteiger partial charge in [-0.2, -0.15) is 0 Å². The maximum atomic E-state index is 13.6. The highest BCUT2D eigenvalue weighted by Crippen LogP contribution is 2.25. The fourth-order valence-electron chi connectivity index (χ4n) is 2.12. The van der Waals surface area contributed by atoms with Crippen LogP contribution in [0.2, 0.25) is 0 Å². The van der Waals surface area contributed by atoms with Crippen molar-refractivity contribution in [3.63, 3.8) is 0 Å². The molecule has 1 aliphatic heterocycles. The molecule has 0 radical (unpaired) electrons. The maximum absolute atomic E-state index is 13.6. The average Bonchev–Trinajstić information content (AvgIpc) is 2.71. The van der Waals surface area contributed by atoms with Crippen molar-refractivity contribution in [1.29, 1.82) is 0 Å². The van der Waals surface area contributed by atoms with Crippen molar-refractivity contribution in [2.75, 3.05) is 18.0 Å². The standard InChI is InChI=1S/C13H16F2N2O/c1-2-6-16-11-5-7-17(13(11)18)12-8-9(14)3-4-10(12)15/h3-4,8,11,16H,2,5-7H2,1H3. The van der Waals surface area contributed by atoms with E-state index in [-0.39, 0.29) is 17.6 Å². The molecule has 0 aliphatic carbocycles. The van der Waals surface area contributed by atoms with Crippen molar-refractivity contribution in [2.24, 2.45) is 0 Å². The van der Waals surface area contributed by atoms with Gasteiger partial charge in [-0.25, -0.2) is 8.78 Å². The molecule has 98 valence electrons. The number of hydrogen-bond donors (Lipinski definition) is 1. The highest BCUT2D eigenvalue weighted by atomic mass is 19.1. The molecule has 0 bridgehead atoms. The third kappa shape index (κ3) is 2.51. The molecule has 1 aromatic rings. The van der Waals surface area contributed by atoms with Gasteiger partial charge in [0, 0.05) is 12.6 Å². The summed E-state index contributed by atoms with van der Waals surface area (Å²) in [6, 6.07) is 2.87. The van der Waals surface area contributed by atoms with E-state index in [4.69, 9.17) is 0 Å². The van der Waals surface area contributed by atoms with Gasteiger partial charge in [-0.1, -0.05) is 6.92 Å². The molecular weight excluding hydrogens is 238 g/mol. The van der Waals surface area contributed by atoms with Gasteiger partial charge in [0.05, 0.1) is 11.7 Å². The third-order valence-corrected chi connectivity index (χ3v) is 3.05. The molecule has 1 aliphatic rings. The molecule has 1 amide bonds. The molecular formula is C13H16F2N2O. The van der Waals surface area contributed by atoms with Gasteiger partial charge in [0.15, 0.2) is 0 Å². The fraction of sp³-hybridized carbons (Fsp3) is 0.462. The second-order valence-corrected chi connectivity index (χ2v) is 4.38. The van der Waals surface area contributed by atoms with Crippen LogP contribution in [0.25, 0.3) is 0 Å². The summed E-state index contributed by atoms with van der Waals surface area (Å²) in [6.07, 6.45) is 1.55. The average molecular weight is 254 g/mol. The Labute approximate surface area is 105 Å². The zero-order chi connectivity index (χ0) is 13.1. The molecule has 0 spiro atoms. The number of benzene rings is 1. The lowest BCUT2D eigenvalue weighted by molar-refractivity contribution is -0.118. The van der Waals surface area contributed by atoms with Gasteiger partial charge in [-0.15, -0.1) is 0 Å². The van der Waals surface area contributed by atoms with Crippen molar-refractivity contribution < 1.29 is 13.6 Å². The fourth-order valence-corrected chi connectivity index (χ4v) is 2.12. The predicted molar refractivity (Wildman–Crippen MR) is 65.4 cm³/mol. The van der Waals surface area contributed by atoms with Crippen LogP contribution in [-0.4, -0.2) is 25.0 Å². The number of anilines is 1. The Kier molecular flexibility index (Phi) is 3.91. The quantitative estimate of drug-likeness (QED) is 0.892. The molecule has 3 nitrogen and oxygen atoms in total. The Morgan fingerprint density at radius 2 is 2.22 bits per heavy atom. The first-order chi connectivity index (χ1) is 8.63. The Hall–Kier alpha value is -1.49. The summed E-state index contributed by atoms with van der Waals surface area (Å²) in [7, 11) is 0. The molecule has 5 heteroatoms. The minimum Gasteiger partial charge on any atom is -0.308 e. The maximum Gasteiger partial charge on any atom is 0.244 e. The SMILES string of the molecule is CCCNC1CCN(c2cc(F)ccc2F)C1=O. The van der Waals surface area contributed by atoms with Gasteiger partial charge in [-0.05, 0) is 31.5 Å². The van der Waals surface area contributed by atoms with E-state index in [1.807, 2.05) is 6.92 Å². The van der Waals surface area contributed by atoms with Crippen molar-refractivity contribution >= 4 is 11.6 Å². The van der Waals surface area contributed by atoms with Gasteiger partial charge in [-0.3, -0.25) is 4.79 Å². The first-order valence-electron chi connectivity index (χ1n) is 6.13. The lowest BCUT2D eigenvalue weighted by Gasteiger charge is -2.18. The van der Waals surface area contributed by atoms with Crippen LogP contribution < -0.4 is 10.2 Å². The number of rotatable bonds is 4. The van der Waals surface area contributed by atoms with E-state index in [1.54, 1.807) is 0 Å². The van der Waals surface area contributed by atoms with E-state index in [0.717, 1.165) is 31.2 Å². The van der Waals surface area contributed by atoms with Crippen molar-refractivity contribution in [3.8, 4) is 0 Å². The largest absolute Gasteiger partial charge is 0.308 e. The summed E-state index contributed by atoms with van der Waals surface area (Å²) in [5.74, 6) is -1.29. The Morgan fingerprint density at radius 3 is 2.94 bits per heavy atom. The van der Waals surface area contributed by atoms with Crippen LogP contribution in [0.3, 0.4) is 0 Å². The molecule has 1 unspecified atom stereocenters. The van der Waals surface area contributed by atoms with Gasteiger partial charge < -0.3 is 10.2 Å². The number of carbonyl (C=O) groups excluding carboxylic acids is 1. The van der Waals surface area contributed by atoms with Gasteiger partial charge >= 0.3 is 0 Å². The van der Waals surface area contributed by atoms with Crippen LogP contribution in [0, 0.1) is 11.6 Å². The van der Waals surface area contributed by atoms with E-state index in [2.05, 4.69) is 5.32 Å². The van der Waals surface area contributed by atoms with E-state index in [9.17, 15) is 13.6 Å². The minimum absolute atomic E-state index is 0.0285. The van der Waals surface area contributed by atoms with Crippen molar-refractivity contribution in [3.05, 3.63) is 29.8 Å². The first-order valence-corrected chi connectivity index (χ1v) is 6.13. The molecule has 1 saturated heterocycles. The number of nitrogens with one attached hydrogen (secondary N) is 1. The summed E-state index contributed by atoms with van der Waals surface area (Å²) in [4.78, 5) is 13.4. The van der Waals surface area contributed by atoms with Crippen LogP contribution in [0.4, 0.5) is 14.5 Å². The molecule has 0 saturated carbocycles. The lowest BCUT2D eigenvalue weighted by Crippen LogP contribution is -2.38. The summed E-state index contributed by atoms with van der Waals surface area (Å²) in [5, 5.41) is 3.11. The Bertz CT molecular complexity index is 451. The second-order valence-electron chi connectivity index (χ2n) is 4.38. The van der Waals surface area contributed by atoms with Crippen LogP contribution in [0.1, 0.15) is 19.8 Å². The van der Waals surface area contributed by atoms with Crippen LogP contribution in [-0.2, 0) is 4.79 Å². The van der Waals surface area contributed by atoms with Crippen LogP contribution in [0.5, 0.6) is 0 Å². The Morgan fingerprint density at radius 1 is 1.44 bits per heavy atom. The topological polar surface area (TPSA) is 32.3 Å². The van der Waals surface area contributed by atoms with Gasteiger partial charge in [0.2, 0.25) is 5.91 Å². The summed E-state index contributed by atoms with van der Waals surface area (Å²) in [6.45, 7) is 3.17. The van der Waals surface area contributed by atoms with E-state index in [0.29, 0.717) is 13.0 Å². The molecule has 1 fully saturated rings. The summed E-state index contributed by atoms with van der Waals surface area (Å²) in [5.41, 5.74) is 0.0285. The molecule has 18 heavy (non-hydrogen) atoms. The highest BCUT2D eigenvalue weighted by Gasteiger charge is 2.33. The molecule has 1 aromatic carbocycles. The van der Waals surface area contributed by atoms with Crippen molar-refractivity contribution in [2.45, 2.75) is 25.8 Å². The van der Waals surface area contributed by atoms with E-state index in [1.165, 1.54) is 4.90 Å². The molecule has 1 atom stereocenters. The monoisotopic (exact) mass is 254 g/mol. The minimum atomic E-state index is -0.569. The molecule has 1 N–H and O–H groups in total. The molecule has 0 aromatic heterocycles. The number of carbonyl (C=O) groups is 1. The number of halogens is 2. The zero-order valence-electron chi connectivity index (χ0n) is 10.2. The van der Waals surface area contributed by atoms with Gasteiger partial charge in [0.1, 0.15) is 11.6 Å². The lowest BCUT2D eigenvalue weighted by atomic mass is 10.2. The van der Waals surface area contributed by atoms with Crippen molar-refractivity contribution in [1.82, 2.24) is 5.32 Å². The summed E-state index contributed by atoms with van der Waals surface area (Å²) >= 11 is 0. The number of nitrogens with zero attached hydrogens (tertiary/aromatic N) is 1. The Balaban J connectivity index is 2.15. The zero-order valence-corrected chi connectivity index (χ0v) is 10.2. The van der Waals surface area contributed by atoms with Crippen LogP contribution in [0.15, 0.2) is 18.2 Å². The predicted octanol–water partition coefficient (Wildman–Crippen LogP) is 2.07. The summed E-state index contributed by atoms with van der Waals surface area (Å²) < 4.78 is 26.7. The first kappa shape index (κ1) is 13.0. The molecule has 2 rings (SSSR count). The van der Waals surface area contributed by atoms with E-state index >= 15 is 0 Å².